The van der Waals surface area contributed by atoms with E-state index in [1.807, 2.05) is 6.07 Å². The Bertz CT molecular complexity index is 1110. The number of unbranched alkanes of at least 4 members (excludes halogenated alkanes) is 3. The molecular weight excluding hydrogens is 418 g/mol. The molecule has 0 saturated carbocycles. The van der Waals surface area contributed by atoms with Crippen LogP contribution in [0.15, 0.2) is 84.9 Å². The second-order valence-electron chi connectivity index (χ2n) is 9.45. The minimum absolute atomic E-state index is 0.209. The number of anilines is 1. The second kappa shape index (κ2) is 10.8. The lowest BCUT2D eigenvalue weighted by Crippen LogP contribution is -2.29. The van der Waals surface area contributed by atoms with Crippen molar-refractivity contribution in [2.75, 3.05) is 11.9 Å². The summed E-state index contributed by atoms with van der Waals surface area (Å²) in [5, 5.41) is 3.86. The van der Waals surface area contributed by atoms with Crippen LogP contribution in [-0.2, 0) is 6.61 Å². The van der Waals surface area contributed by atoms with Crippen molar-refractivity contribution in [1.29, 1.82) is 0 Å². The molecule has 0 fully saturated rings. The average Bonchev–Trinajstić information content (AvgIpc) is 3.38. The topological polar surface area (TPSA) is 30.5 Å². The summed E-state index contributed by atoms with van der Waals surface area (Å²) >= 11 is 0. The highest BCUT2D eigenvalue weighted by atomic mass is 16.5. The van der Waals surface area contributed by atoms with E-state index < -0.39 is 0 Å². The van der Waals surface area contributed by atoms with Crippen molar-refractivity contribution in [2.45, 2.75) is 57.6 Å². The van der Waals surface area contributed by atoms with Crippen LogP contribution in [0.3, 0.4) is 0 Å². The van der Waals surface area contributed by atoms with E-state index >= 15 is 0 Å². The Balaban J connectivity index is 1.34. The summed E-state index contributed by atoms with van der Waals surface area (Å²) in [7, 11) is 0. The Kier molecular flexibility index (Phi) is 7.19. The molecule has 0 amide bonds. The number of allylic oxidation sites excluding steroid dienone is 2. The van der Waals surface area contributed by atoms with Gasteiger partial charge in [0.1, 0.15) is 18.1 Å². The van der Waals surface area contributed by atoms with E-state index in [1.54, 1.807) is 0 Å². The van der Waals surface area contributed by atoms with Crippen molar-refractivity contribution < 1.29 is 9.47 Å². The first-order chi connectivity index (χ1) is 16.8. The number of nitrogens with one attached hydrogen (secondary N) is 1. The molecule has 0 bridgehead atoms. The van der Waals surface area contributed by atoms with E-state index in [-0.39, 0.29) is 6.04 Å². The molecule has 1 aliphatic heterocycles. The van der Waals surface area contributed by atoms with Crippen molar-refractivity contribution >= 4 is 5.69 Å². The van der Waals surface area contributed by atoms with Crippen LogP contribution in [0.2, 0.25) is 0 Å². The van der Waals surface area contributed by atoms with Gasteiger partial charge in [0, 0.05) is 17.2 Å². The highest BCUT2D eigenvalue weighted by Crippen LogP contribution is 2.51. The van der Waals surface area contributed by atoms with Crippen molar-refractivity contribution in [2.24, 2.45) is 5.92 Å². The molecule has 0 radical (unpaired) electrons. The quantitative estimate of drug-likeness (QED) is 0.249. The smallest absolute Gasteiger partial charge is 0.125 e. The summed E-state index contributed by atoms with van der Waals surface area (Å²) < 4.78 is 12.4. The molecule has 3 aromatic rings. The van der Waals surface area contributed by atoms with Crippen LogP contribution in [0.5, 0.6) is 11.5 Å². The highest BCUT2D eigenvalue weighted by Gasteiger charge is 2.39. The van der Waals surface area contributed by atoms with E-state index in [1.165, 1.54) is 41.6 Å². The third kappa shape index (κ3) is 4.99. The van der Waals surface area contributed by atoms with Crippen LogP contribution >= 0.6 is 0 Å². The lowest BCUT2D eigenvalue weighted by molar-refractivity contribution is 0.295. The van der Waals surface area contributed by atoms with E-state index in [2.05, 4.69) is 91.1 Å². The molecule has 3 unspecified atom stereocenters. The lowest BCUT2D eigenvalue weighted by Gasteiger charge is -2.38. The molecule has 0 saturated heterocycles. The van der Waals surface area contributed by atoms with Crippen LogP contribution in [0, 0.1) is 5.92 Å². The van der Waals surface area contributed by atoms with Crippen LogP contribution < -0.4 is 14.8 Å². The van der Waals surface area contributed by atoms with E-state index in [0.717, 1.165) is 30.9 Å². The predicted octanol–water partition coefficient (Wildman–Crippen LogP) is 8.05. The van der Waals surface area contributed by atoms with Gasteiger partial charge in [-0.3, -0.25) is 0 Å². The van der Waals surface area contributed by atoms with Crippen LogP contribution in [0.4, 0.5) is 5.69 Å². The molecule has 3 aromatic carbocycles. The minimum atomic E-state index is 0.209. The Morgan fingerprint density at radius 3 is 2.59 bits per heavy atom. The number of hydrogen-bond donors (Lipinski definition) is 1. The molecule has 176 valence electrons. The first kappa shape index (κ1) is 22.6. The molecule has 1 N–H and O–H groups in total. The van der Waals surface area contributed by atoms with Gasteiger partial charge in [-0.2, -0.15) is 0 Å². The van der Waals surface area contributed by atoms with Gasteiger partial charge in [0.05, 0.1) is 12.6 Å². The number of fused-ring (bicyclic) bond motifs is 3. The molecule has 5 rings (SSSR count). The predicted molar refractivity (Wildman–Crippen MR) is 140 cm³/mol. The third-order valence-corrected chi connectivity index (χ3v) is 7.09. The van der Waals surface area contributed by atoms with Gasteiger partial charge in [0.2, 0.25) is 0 Å². The monoisotopic (exact) mass is 453 g/mol. The van der Waals surface area contributed by atoms with Crippen molar-refractivity contribution in [3.63, 3.8) is 0 Å². The molecule has 1 heterocycles. The third-order valence-electron chi connectivity index (χ3n) is 7.09. The van der Waals surface area contributed by atoms with Crippen molar-refractivity contribution in [1.82, 2.24) is 0 Å². The first-order valence-electron chi connectivity index (χ1n) is 12.8. The fourth-order valence-corrected chi connectivity index (χ4v) is 5.29. The van der Waals surface area contributed by atoms with Crippen molar-refractivity contribution in [3.8, 4) is 11.5 Å². The summed E-state index contributed by atoms with van der Waals surface area (Å²) in [6.07, 6.45) is 10.7. The Morgan fingerprint density at radius 1 is 0.853 bits per heavy atom. The Hall–Kier alpha value is -3.20. The van der Waals surface area contributed by atoms with Gasteiger partial charge < -0.3 is 14.8 Å². The average molecular weight is 454 g/mol. The SMILES string of the molecule is CCCCCCOc1ccc2c(c1)C1C=CCC1C(c1ccccc1OCc1ccccc1)N2. The molecule has 3 heteroatoms. The fraction of sp³-hybridized carbons (Fsp3) is 0.355. The number of hydrogen-bond acceptors (Lipinski definition) is 3. The van der Waals surface area contributed by atoms with Crippen molar-refractivity contribution in [3.05, 3.63) is 102 Å². The van der Waals surface area contributed by atoms with Gasteiger partial charge in [-0.05, 0) is 54.2 Å². The normalized spacial score (nSPS) is 20.3. The molecule has 34 heavy (non-hydrogen) atoms. The maximum absolute atomic E-state index is 6.32. The zero-order valence-corrected chi connectivity index (χ0v) is 20.1. The highest BCUT2D eigenvalue weighted by molar-refractivity contribution is 5.62. The maximum Gasteiger partial charge on any atom is 0.125 e. The zero-order valence-electron chi connectivity index (χ0n) is 20.1. The summed E-state index contributed by atoms with van der Waals surface area (Å²) in [5.41, 5.74) is 4.97. The van der Waals surface area contributed by atoms with Gasteiger partial charge in [-0.25, -0.2) is 0 Å². The van der Waals surface area contributed by atoms with Gasteiger partial charge in [-0.1, -0.05) is 86.9 Å². The summed E-state index contributed by atoms with van der Waals surface area (Å²) in [6, 6.07) is 25.6. The fourth-order valence-electron chi connectivity index (χ4n) is 5.29. The zero-order chi connectivity index (χ0) is 23.2. The molecule has 3 atom stereocenters. The number of ether oxygens (including phenoxy) is 2. The Labute approximate surface area is 203 Å². The molecule has 2 aliphatic rings. The molecule has 3 nitrogen and oxygen atoms in total. The van der Waals surface area contributed by atoms with Crippen LogP contribution in [0.25, 0.3) is 0 Å². The number of para-hydroxylation sites is 1. The Morgan fingerprint density at radius 2 is 1.71 bits per heavy atom. The number of benzene rings is 3. The van der Waals surface area contributed by atoms with Crippen LogP contribution in [0.1, 0.15) is 67.7 Å². The van der Waals surface area contributed by atoms with E-state index in [0.29, 0.717) is 18.4 Å². The molecule has 0 spiro atoms. The second-order valence-corrected chi connectivity index (χ2v) is 9.45. The maximum atomic E-state index is 6.32. The minimum Gasteiger partial charge on any atom is -0.494 e. The molecular formula is C31H35NO2. The van der Waals surface area contributed by atoms with Gasteiger partial charge >= 0.3 is 0 Å². The number of rotatable bonds is 10. The lowest BCUT2D eigenvalue weighted by atomic mass is 9.77. The summed E-state index contributed by atoms with van der Waals surface area (Å²) in [5.74, 6) is 2.81. The van der Waals surface area contributed by atoms with Gasteiger partial charge in [-0.15, -0.1) is 0 Å². The van der Waals surface area contributed by atoms with E-state index in [4.69, 9.17) is 9.47 Å². The molecule has 0 aromatic heterocycles. The van der Waals surface area contributed by atoms with Crippen LogP contribution in [-0.4, -0.2) is 6.61 Å². The standard InChI is InChI=1S/C31H35NO2/c1-2-3-4-10-20-33-24-18-19-29-28(21-24)25-15-11-16-26(25)31(32-29)27-14-8-9-17-30(27)34-22-23-12-6-5-7-13-23/h5-9,11-15,17-19,21,25-26,31-32H,2-4,10,16,20,22H2,1H3. The molecule has 1 aliphatic carbocycles. The summed E-state index contributed by atoms with van der Waals surface area (Å²) in [6.45, 7) is 3.61. The summed E-state index contributed by atoms with van der Waals surface area (Å²) in [4.78, 5) is 0. The van der Waals surface area contributed by atoms with E-state index in [9.17, 15) is 0 Å². The van der Waals surface area contributed by atoms with Gasteiger partial charge in [0.15, 0.2) is 0 Å². The van der Waals surface area contributed by atoms with Gasteiger partial charge in [0.25, 0.3) is 0 Å². The largest absolute Gasteiger partial charge is 0.494 e. The first-order valence-corrected chi connectivity index (χ1v) is 12.8.